The van der Waals surface area contributed by atoms with Gasteiger partial charge in [0.1, 0.15) is 13.2 Å². The number of carbonyl (C=O) groups excluding carboxylic acids is 1. The first-order valence-electron chi connectivity index (χ1n) is 9.84. The quantitative estimate of drug-likeness (QED) is 0.380. The molecule has 0 atom stereocenters. The largest absolute Gasteiger partial charge is 0.443 e. The third-order valence-corrected chi connectivity index (χ3v) is 4.57. The molecular weight excluding hydrogens is 312 g/mol. The standard InChI is InChI=1S/C21H36N2O2/c1-4-5-6-7-8-9-10-14-17-23(2,3)18-19-25-21(24)22-20-15-12-11-13-16-20/h11-13,15-16H,4-10,14,17-19H2,1-3H3/p+1. The Kier molecular flexibility index (Phi) is 11.0. The van der Waals surface area contributed by atoms with Gasteiger partial charge >= 0.3 is 6.09 Å². The number of carbonyl (C=O) groups is 1. The van der Waals surface area contributed by atoms with Crippen LogP contribution in [-0.4, -0.2) is 44.4 Å². The number of nitrogens with one attached hydrogen (secondary N) is 1. The summed E-state index contributed by atoms with van der Waals surface area (Å²) in [4.78, 5) is 11.8. The molecule has 0 bridgehead atoms. The highest BCUT2D eigenvalue weighted by molar-refractivity contribution is 5.84. The number of rotatable bonds is 13. The number of likely N-dealkylation sites (N-methyl/N-ethyl adjacent to an activating group) is 1. The Morgan fingerprint density at radius 3 is 2.16 bits per heavy atom. The summed E-state index contributed by atoms with van der Waals surface area (Å²) in [6.45, 7) is 4.69. The molecule has 4 nitrogen and oxygen atoms in total. The zero-order chi connectivity index (χ0) is 18.4. The summed E-state index contributed by atoms with van der Waals surface area (Å²) in [5.74, 6) is 0. The second-order valence-electron chi connectivity index (χ2n) is 7.48. The Morgan fingerprint density at radius 2 is 1.52 bits per heavy atom. The molecule has 0 heterocycles. The van der Waals surface area contributed by atoms with Crippen LogP contribution in [0.25, 0.3) is 0 Å². The summed E-state index contributed by atoms with van der Waals surface area (Å²) >= 11 is 0. The minimum absolute atomic E-state index is 0.377. The molecule has 0 saturated carbocycles. The highest BCUT2D eigenvalue weighted by Crippen LogP contribution is 2.10. The van der Waals surface area contributed by atoms with E-state index in [9.17, 15) is 4.79 Å². The van der Waals surface area contributed by atoms with E-state index in [0.717, 1.165) is 23.3 Å². The van der Waals surface area contributed by atoms with Crippen LogP contribution < -0.4 is 5.32 Å². The highest BCUT2D eigenvalue weighted by Gasteiger charge is 2.15. The van der Waals surface area contributed by atoms with Crippen molar-refractivity contribution in [3.05, 3.63) is 30.3 Å². The topological polar surface area (TPSA) is 38.3 Å². The number of quaternary nitrogens is 1. The summed E-state index contributed by atoms with van der Waals surface area (Å²) in [6, 6.07) is 9.40. The summed E-state index contributed by atoms with van der Waals surface area (Å²) in [5.41, 5.74) is 0.764. The van der Waals surface area contributed by atoms with Crippen molar-refractivity contribution in [1.82, 2.24) is 0 Å². The smallest absolute Gasteiger partial charge is 0.411 e. The lowest BCUT2D eigenvalue weighted by Crippen LogP contribution is -2.43. The Morgan fingerprint density at radius 1 is 0.920 bits per heavy atom. The average Bonchev–Trinajstić information content (AvgIpc) is 2.58. The number of unbranched alkanes of at least 4 members (excludes halogenated alkanes) is 7. The van der Waals surface area contributed by atoms with Gasteiger partial charge in [0.05, 0.1) is 20.6 Å². The first kappa shape index (κ1) is 21.5. The molecule has 0 unspecified atom stereocenters. The molecule has 0 saturated heterocycles. The Bertz CT molecular complexity index is 460. The van der Waals surface area contributed by atoms with Gasteiger partial charge < -0.3 is 9.22 Å². The van der Waals surface area contributed by atoms with Gasteiger partial charge in [-0.25, -0.2) is 4.79 Å². The maximum Gasteiger partial charge on any atom is 0.411 e. The predicted octanol–water partition coefficient (Wildman–Crippen LogP) is 5.45. The van der Waals surface area contributed by atoms with Crippen LogP contribution in [0.4, 0.5) is 10.5 Å². The fraction of sp³-hybridized carbons (Fsp3) is 0.667. The van der Waals surface area contributed by atoms with Crippen molar-refractivity contribution in [1.29, 1.82) is 0 Å². The SMILES string of the molecule is CCCCCCCCCC[N+](C)(C)CCOC(=O)Nc1ccccc1. The third kappa shape index (κ3) is 11.6. The fourth-order valence-electron chi connectivity index (χ4n) is 2.85. The number of nitrogens with zero attached hydrogens (tertiary/aromatic N) is 1. The van der Waals surface area contributed by atoms with Gasteiger partial charge in [0.15, 0.2) is 0 Å². The van der Waals surface area contributed by atoms with Crippen LogP contribution in [0, 0.1) is 0 Å². The van der Waals surface area contributed by atoms with E-state index in [1.54, 1.807) is 0 Å². The summed E-state index contributed by atoms with van der Waals surface area (Å²) in [5, 5.41) is 2.74. The minimum Gasteiger partial charge on any atom is -0.443 e. The molecule has 25 heavy (non-hydrogen) atoms. The normalized spacial score (nSPS) is 11.3. The molecule has 1 aromatic carbocycles. The van der Waals surface area contributed by atoms with Crippen LogP contribution >= 0.6 is 0 Å². The lowest BCUT2D eigenvalue weighted by molar-refractivity contribution is -0.890. The van der Waals surface area contributed by atoms with Gasteiger partial charge in [-0.15, -0.1) is 0 Å². The molecule has 0 fully saturated rings. The van der Waals surface area contributed by atoms with E-state index in [1.807, 2.05) is 30.3 Å². The predicted molar refractivity (Wildman–Crippen MR) is 106 cm³/mol. The van der Waals surface area contributed by atoms with E-state index in [2.05, 4.69) is 26.3 Å². The van der Waals surface area contributed by atoms with E-state index in [1.165, 1.54) is 51.4 Å². The van der Waals surface area contributed by atoms with E-state index in [-0.39, 0.29) is 6.09 Å². The van der Waals surface area contributed by atoms with E-state index in [4.69, 9.17) is 4.74 Å². The van der Waals surface area contributed by atoms with Gasteiger partial charge in [0.25, 0.3) is 0 Å². The van der Waals surface area contributed by atoms with Crippen molar-refractivity contribution in [2.45, 2.75) is 58.3 Å². The minimum atomic E-state index is -0.377. The van der Waals surface area contributed by atoms with Crippen molar-refractivity contribution >= 4 is 11.8 Å². The number of para-hydroxylation sites is 1. The lowest BCUT2D eigenvalue weighted by Gasteiger charge is -2.29. The van der Waals surface area contributed by atoms with Crippen LogP contribution in [0.1, 0.15) is 58.3 Å². The Labute approximate surface area is 154 Å². The van der Waals surface area contributed by atoms with Crippen LogP contribution in [0.5, 0.6) is 0 Å². The number of hydrogen-bond donors (Lipinski definition) is 1. The van der Waals surface area contributed by atoms with E-state index >= 15 is 0 Å². The van der Waals surface area contributed by atoms with Crippen molar-refractivity contribution in [3.63, 3.8) is 0 Å². The maximum atomic E-state index is 11.8. The van der Waals surface area contributed by atoms with Gasteiger partial charge in [0, 0.05) is 5.69 Å². The number of ether oxygens (including phenoxy) is 1. The van der Waals surface area contributed by atoms with E-state index in [0.29, 0.717) is 6.61 Å². The van der Waals surface area contributed by atoms with Gasteiger partial charge in [0.2, 0.25) is 0 Å². The zero-order valence-corrected chi connectivity index (χ0v) is 16.4. The molecule has 142 valence electrons. The van der Waals surface area contributed by atoms with Crippen molar-refractivity contribution in [3.8, 4) is 0 Å². The van der Waals surface area contributed by atoms with Gasteiger partial charge in [-0.1, -0.05) is 63.6 Å². The van der Waals surface area contributed by atoms with Gasteiger partial charge in [-0.3, -0.25) is 5.32 Å². The summed E-state index contributed by atoms with van der Waals surface area (Å²) in [7, 11) is 4.42. The van der Waals surface area contributed by atoms with Crippen LogP contribution in [-0.2, 0) is 4.74 Å². The first-order valence-corrected chi connectivity index (χ1v) is 9.84. The monoisotopic (exact) mass is 349 g/mol. The van der Waals surface area contributed by atoms with Crippen LogP contribution in [0.15, 0.2) is 30.3 Å². The molecule has 0 aliphatic rings. The number of hydrogen-bond acceptors (Lipinski definition) is 2. The molecule has 1 aromatic rings. The Hall–Kier alpha value is -1.55. The molecule has 0 spiro atoms. The number of benzene rings is 1. The first-order chi connectivity index (χ1) is 12.0. The van der Waals surface area contributed by atoms with Gasteiger partial charge in [-0.05, 0) is 25.0 Å². The van der Waals surface area contributed by atoms with Crippen molar-refractivity contribution in [2.24, 2.45) is 0 Å². The zero-order valence-electron chi connectivity index (χ0n) is 16.4. The number of anilines is 1. The van der Waals surface area contributed by atoms with E-state index < -0.39 is 0 Å². The van der Waals surface area contributed by atoms with Crippen LogP contribution in [0.3, 0.4) is 0 Å². The van der Waals surface area contributed by atoms with Crippen molar-refractivity contribution < 1.29 is 14.0 Å². The summed E-state index contributed by atoms with van der Waals surface area (Å²) in [6.07, 6.45) is 10.4. The molecule has 1 amide bonds. The maximum absolute atomic E-state index is 11.8. The lowest BCUT2D eigenvalue weighted by atomic mass is 10.1. The number of amides is 1. The molecule has 4 heteroatoms. The summed E-state index contributed by atoms with van der Waals surface area (Å²) < 4.78 is 6.20. The van der Waals surface area contributed by atoms with Crippen molar-refractivity contribution in [2.75, 3.05) is 39.1 Å². The van der Waals surface area contributed by atoms with Gasteiger partial charge in [-0.2, -0.15) is 0 Å². The van der Waals surface area contributed by atoms with Crippen LogP contribution in [0.2, 0.25) is 0 Å². The highest BCUT2D eigenvalue weighted by atomic mass is 16.5. The Balaban J connectivity index is 2.05. The third-order valence-electron chi connectivity index (χ3n) is 4.57. The molecule has 0 aromatic heterocycles. The molecular formula is C21H37N2O2+. The molecule has 0 radical (unpaired) electrons. The average molecular weight is 350 g/mol. The second-order valence-corrected chi connectivity index (χ2v) is 7.48. The molecule has 1 N–H and O–H groups in total. The second kappa shape index (κ2) is 12.8. The molecule has 0 aliphatic heterocycles. The molecule has 1 rings (SSSR count). The molecule has 0 aliphatic carbocycles. The fourth-order valence-corrected chi connectivity index (χ4v) is 2.85.